The first-order chi connectivity index (χ1) is 8.61. The molecule has 1 heterocycles. The van der Waals surface area contributed by atoms with Crippen LogP contribution in [0.3, 0.4) is 0 Å². The zero-order valence-electron chi connectivity index (χ0n) is 10.9. The fourth-order valence-electron chi connectivity index (χ4n) is 2.18. The highest BCUT2D eigenvalue weighted by atomic mass is 16.5. The van der Waals surface area contributed by atoms with Crippen LogP contribution in [0.4, 0.5) is 5.69 Å². The van der Waals surface area contributed by atoms with E-state index in [1.165, 1.54) is 0 Å². The van der Waals surface area contributed by atoms with Crippen molar-refractivity contribution in [2.24, 2.45) is 5.73 Å². The molecule has 0 radical (unpaired) electrons. The highest BCUT2D eigenvalue weighted by Gasteiger charge is 2.30. The van der Waals surface area contributed by atoms with Gasteiger partial charge < -0.3 is 15.4 Å². The van der Waals surface area contributed by atoms with Crippen LogP contribution in [0.2, 0.25) is 0 Å². The van der Waals surface area contributed by atoms with Crippen LogP contribution >= 0.6 is 0 Å². The second-order valence-electron chi connectivity index (χ2n) is 4.78. The molecule has 1 aliphatic rings. The molecule has 18 heavy (non-hydrogen) atoms. The minimum absolute atomic E-state index is 0.0276. The topological polar surface area (TPSA) is 55.6 Å². The number of benzene rings is 1. The molecule has 1 amide bonds. The van der Waals surface area contributed by atoms with Crippen LogP contribution in [0.25, 0.3) is 0 Å². The van der Waals surface area contributed by atoms with E-state index >= 15 is 0 Å². The molecular weight excluding hydrogens is 228 g/mol. The normalized spacial score (nSPS) is 23.1. The van der Waals surface area contributed by atoms with Crippen LogP contribution in [-0.4, -0.2) is 25.2 Å². The van der Waals surface area contributed by atoms with E-state index in [1.807, 2.05) is 31.2 Å². The Bertz CT molecular complexity index is 416. The Morgan fingerprint density at radius 1 is 1.39 bits per heavy atom. The van der Waals surface area contributed by atoms with Gasteiger partial charge in [-0.3, -0.25) is 4.79 Å². The summed E-state index contributed by atoms with van der Waals surface area (Å²) >= 11 is 0. The van der Waals surface area contributed by atoms with E-state index in [0.717, 1.165) is 24.1 Å². The molecule has 0 bridgehead atoms. The molecule has 1 aromatic rings. The summed E-state index contributed by atoms with van der Waals surface area (Å²) in [5.41, 5.74) is 7.49. The number of carbonyl (C=O) groups excluding carboxylic acids is 1. The van der Waals surface area contributed by atoms with Gasteiger partial charge in [0.1, 0.15) is 6.10 Å². The lowest BCUT2D eigenvalue weighted by molar-refractivity contribution is -0.128. The number of nitrogens with two attached hydrogens (primary N) is 1. The van der Waals surface area contributed by atoms with Crippen molar-refractivity contribution in [3.63, 3.8) is 0 Å². The molecule has 4 nitrogen and oxygen atoms in total. The Labute approximate surface area is 108 Å². The molecule has 0 aliphatic carbocycles. The van der Waals surface area contributed by atoms with Gasteiger partial charge in [0.05, 0.1) is 6.10 Å². The highest BCUT2D eigenvalue weighted by molar-refractivity contribution is 5.96. The van der Waals surface area contributed by atoms with Crippen LogP contribution < -0.4 is 10.6 Å². The Balaban J connectivity index is 2.05. The van der Waals surface area contributed by atoms with Gasteiger partial charge in [0.15, 0.2) is 0 Å². The van der Waals surface area contributed by atoms with Crippen LogP contribution in [0.1, 0.15) is 25.3 Å². The number of rotatable bonds is 3. The predicted octanol–water partition coefficient (Wildman–Crippen LogP) is 1.68. The van der Waals surface area contributed by atoms with Crippen molar-refractivity contribution in [2.75, 3.05) is 11.9 Å². The van der Waals surface area contributed by atoms with Crippen LogP contribution in [0, 0.1) is 0 Å². The summed E-state index contributed by atoms with van der Waals surface area (Å²) in [6, 6.07) is 7.71. The molecule has 1 aromatic carbocycles. The van der Waals surface area contributed by atoms with Gasteiger partial charge in [0.25, 0.3) is 5.91 Å². The van der Waals surface area contributed by atoms with Gasteiger partial charge in [0, 0.05) is 19.3 Å². The van der Waals surface area contributed by atoms with Crippen molar-refractivity contribution in [1.29, 1.82) is 0 Å². The zero-order valence-corrected chi connectivity index (χ0v) is 10.9. The fourth-order valence-corrected chi connectivity index (χ4v) is 2.18. The van der Waals surface area contributed by atoms with Crippen molar-refractivity contribution in [2.45, 2.75) is 38.5 Å². The quantitative estimate of drug-likeness (QED) is 0.885. The molecule has 0 saturated carbocycles. The van der Waals surface area contributed by atoms with E-state index in [4.69, 9.17) is 10.5 Å². The SMILES string of the molecule is CC1CCC(C(=O)N(C)c2ccc(CN)cc2)O1. The van der Waals surface area contributed by atoms with E-state index in [-0.39, 0.29) is 18.1 Å². The second kappa shape index (κ2) is 5.50. The van der Waals surface area contributed by atoms with E-state index < -0.39 is 0 Å². The summed E-state index contributed by atoms with van der Waals surface area (Å²) in [6.07, 6.45) is 1.66. The lowest BCUT2D eigenvalue weighted by Gasteiger charge is -2.21. The summed E-state index contributed by atoms with van der Waals surface area (Å²) in [6.45, 7) is 2.52. The lowest BCUT2D eigenvalue weighted by atomic mass is 10.1. The zero-order chi connectivity index (χ0) is 13.1. The number of hydrogen-bond donors (Lipinski definition) is 1. The number of hydrogen-bond acceptors (Lipinski definition) is 3. The average Bonchev–Trinajstić information content (AvgIpc) is 2.84. The standard InChI is InChI=1S/C14H20N2O2/c1-10-3-8-13(18-10)14(17)16(2)12-6-4-11(9-15)5-7-12/h4-7,10,13H,3,8-9,15H2,1-2H3. The Morgan fingerprint density at radius 2 is 2.06 bits per heavy atom. The first kappa shape index (κ1) is 13.1. The Kier molecular flexibility index (Phi) is 3.99. The molecule has 2 atom stereocenters. The van der Waals surface area contributed by atoms with E-state index in [9.17, 15) is 4.79 Å². The van der Waals surface area contributed by atoms with Crippen LogP contribution in [-0.2, 0) is 16.1 Å². The van der Waals surface area contributed by atoms with E-state index in [0.29, 0.717) is 6.54 Å². The Hall–Kier alpha value is -1.39. The molecule has 0 spiro atoms. The number of anilines is 1. The monoisotopic (exact) mass is 248 g/mol. The van der Waals surface area contributed by atoms with Gasteiger partial charge in [0.2, 0.25) is 0 Å². The third-order valence-corrected chi connectivity index (χ3v) is 3.40. The predicted molar refractivity (Wildman–Crippen MR) is 71.3 cm³/mol. The summed E-state index contributed by atoms with van der Waals surface area (Å²) in [4.78, 5) is 13.9. The van der Waals surface area contributed by atoms with E-state index in [1.54, 1.807) is 11.9 Å². The van der Waals surface area contributed by atoms with Gasteiger partial charge in [-0.15, -0.1) is 0 Å². The first-order valence-corrected chi connectivity index (χ1v) is 6.34. The number of nitrogens with zero attached hydrogens (tertiary/aromatic N) is 1. The van der Waals surface area contributed by atoms with Crippen molar-refractivity contribution in [1.82, 2.24) is 0 Å². The minimum atomic E-state index is -0.292. The summed E-state index contributed by atoms with van der Waals surface area (Å²) in [5, 5.41) is 0. The Morgan fingerprint density at radius 3 is 2.56 bits per heavy atom. The molecule has 98 valence electrons. The summed E-state index contributed by atoms with van der Waals surface area (Å²) < 4.78 is 5.60. The maximum atomic E-state index is 12.2. The lowest BCUT2D eigenvalue weighted by Crippen LogP contribution is -2.36. The molecule has 1 saturated heterocycles. The third-order valence-electron chi connectivity index (χ3n) is 3.40. The van der Waals surface area contributed by atoms with Gasteiger partial charge in [-0.25, -0.2) is 0 Å². The molecule has 2 rings (SSSR count). The van der Waals surface area contributed by atoms with Gasteiger partial charge in [-0.1, -0.05) is 12.1 Å². The number of likely N-dealkylation sites (N-methyl/N-ethyl adjacent to an activating group) is 1. The van der Waals surface area contributed by atoms with Crippen LogP contribution in [0.15, 0.2) is 24.3 Å². The largest absolute Gasteiger partial charge is 0.365 e. The molecule has 1 fully saturated rings. The number of carbonyl (C=O) groups is 1. The van der Waals surface area contributed by atoms with Crippen molar-refractivity contribution < 1.29 is 9.53 Å². The molecule has 0 aromatic heterocycles. The molecule has 2 N–H and O–H groups in total. The van der Waals surface area contributed by atoms with Gasteiger partial charge in [-0.2, -0.15) is 0 Å². The highest BCUT2D eigenvalue weighted by Crippen LogP contribution is 2.23. The van der Waals surface area contributed by atoms with Crippen molar-refractivity contribution in [3.05, 3.63) is 29.8 Å². The van der Waals surface area contributed by atoms with Gasteiger partial charge in [-0.05, 0) is 37.5 Å². The smallest absolute Gasteiger partial charge is 0.255 e. The average molecular weight is 248 g/mol. The number of amides is 1. The maximum absolute atomic E-state index is 12.2. The molecule has 2 unspecified atom stereocenters. The van der Waals surface area contributed by atoms with Crippen molar-refractivity contribution in [3.8, 4) is 0 Å². The molecule has 1 aliphatic heterocycles. The summed E-state index contributed by atoms with van der Waals surface area (Å²) in [5.74, 6) is 0.0276. The van der Waals surface area contributed by atoms with Crippen molar-refractivity contribution >= 4 is 11.6 Å². The fraction of sp³-hybridized carbons (Fsp3) is 0.500. The van der Waals surface area contributed by atoms with Crippen LogP contribution in [0.5, 0.6) is 0 Å². The van der Waals surface area contributed by atoms with Gasteiger partial charge >= 0.3 is 0 Å². The molecular formula is C14H20N2O2. The second-order valence-corrected chi connectivity index (χ2v) is 4.78. The number of ether oxygens (including phenoxy) is 1. The summed E-state index contributed by atoms with van der Waals surface area (Å²) in [7, 11) is 1.78. The molecule has 4 heteroatoms. The third kappa shape index (κ3) is 2.71. The minimum Gasteiger partial charge on any atom is -0.365 e. The van der Waals surface area contributed by atoms with E-state index in [2.05, 4.69) is 0 Å². The maximum Gasteiger partial charge on any atom is 0.255 e. The first-order valence-electron chi connectivity index (χ1n) is 6.34.